The van der Waals surface area contributed by atoms with E-state index >= 15 is 0 Å². The monoisotopic (exact) mass is 290 g/mol. The van der Waals surface area contributed by atoms with Gasteiger partial charge in [-0.1, -0.05) is 11.6 Å². The van der Waals surface area contributed by atoms with E-state index in [1.54, 1.807) is 29.3 Å². The summed E-state index contributed by atoms with van der Waals surface area (Å²) in [5.74, 6) is -0.0930. The first-order chi connectivity index (χ1) is 9.68. The molecule has 1 aromatic carbocycles. The molecule has 2 aromatic rings. The highest BCUT2D eigenvalue weighted by atomic mass is 35.5. The predicted molar refractivity (Wildman–Crippen MR) is 79.9 cm³/mol. The number of carbonyl (C=O) groups is 1. The molecule has 1 aromatic heterocycles. The lowest BCUT2D eigenvalue weighted by molar-refractivity contribution is 0.0732. The molecule has 20 heavy (non-hydrogen) atoms. The Kier molecular flexibility index (Phi) is 3.46. The van der Waals surface area contributed by atoms with Crippen LogP contribution < -0.4 is 11.1 Å². The molecule has 0 unspecified atom stereocenters. The minimum atomic E-state index is -0.0930. The zero-order chi connectivity index (χ0) is 14.1. The van der Waals surface area contributed by atoms with Gasteiger partial charge in [0.15, 0.2) is 0 Å². The number of aromatic nitrogens is 1. The van der Waals surface area contributed by atoms with Crippen LogP contribution in [0.15, 0.2) is 24.4 Å². The summed E-state index contributed by atoms with van der Waals surface area (Å²) in [6.07, 6.45) is 1.60. The van der Waals surface area contributed by atoms with E-state index in [-0.39, 0.29) is 5.91 Å². The second kappa shape index (κ2) is 5.26. The number of hydrogen-bond acceptors (Lipinski definition) is 4. The number of hydrogen-bond donors (Lipinski definition) is 2. The van der Waals surface area contributed by atoms with Crippen molar-refractivity contribution in [2.45, 2.75) is 0 Å². The fraction of sp³-hybridized carbons (Fsp3) is 0.286. The summed E-state index contributed by atoms with van der Waals surface area (Å²) in [7, 11) is 0. The summed E-state index contributed by atoms with van der Waals surface area (Å²) in [6, 6.07) is 5.23. The SMILES string of the molecule is Nc1ccc(Cl)c2c(C(=O)N3CCNCC3)nccc12. The zero-order valence-electron chi connectivity index (χ0n) is 10.9. The zero-order valence-corrected chi connectivity index (χ0v) is 11.7. The summed E-state index contributed by atoms with van der Waals surface area (Å²) < 4.78 is 0. The summed E-state index contributed by atoms with van der Waals surface area (Å²) in [4.78, 5) is 18.6. The number of nitrogens with zero attached hydrogens (tertiary/aromatic N) is 2. The van der Waals surface area contributed by atoms with Gasteiger partial charge in [0.05, 0.1) is 5.02 Å². The predicted octanol–water partition coefficient (Wildman–Crippen LogP) is 1.52. The fourth-order valence-electron chi connectivity index (χ4n) is 2.46. The molecular formula is C14H15ClN4O. The van der Waals surface area contributed by atoms with E-state index in [1.807, 2.05) is 0 Å². The van der Waals surface area contributed by atoms with E-state index in [1.165, 1.54) is 0 Å². The van der Waals surface area contributed by atoms with Gasteiger partial charge in [-0.05, 0) is 18.2 Å². The summed E-state index contributed by atoms with van der Waals surface area (Å²) in [5, 5.41) is 5.13. The molecule has 2 heterocycles. The molecule has 5 nitrogen and oxygen atoms in total. The summed E-state index contributed by atoms with van der Waals surface area (Å²) in [6.45, 7) is 2.95. The highest BCUT2D eigenvalue weighted by molar-refractivity contribution is 6.37. The van der Waals surface area contributed by atoms with Gasteiger partial charge in [0.2, 0.25) is 0 Å². The molecule has 3 rings (SSSR count). The number of nitrogens with two attached hydrogens (primary N) is 1. The van der Waals surface area contributed by atoms with Crippen molar-refractivity contribution in [2.24, 2.45) is 0 Å². The highest BCUT2D eigenvalue weighted by Gasteiger charge is 2.22. The number of benzene rings is 1. The Bertz CT molecular complexity index is 668. The van der Waals surface area contributed by atoms with Crippen LogP contribution in [0, 0.1) is 0 Å². The molecule has 3 N–H and O–H groups in total. The van der Waals surface area contributed by atoms with Gasteiger partial charge in [-0.25, -0.2) is 0 Å². The largest absolute Gasteiger partial charge is 0.398 e. The maximum absolute atomic E-state index is 12.6. The molecule has 0 aliphatic carbocycles. The van der Waals surface area contributed by atoms with Crippen molar-refractivity contribution in [2.75, 3.05) is 31.9 Å². The molecule has 1 aliphatic heterocycles. The quantitative estimate of drug-likeness (QED) is 0.781. The third-order valence-corrected chi connectivity index (χ3v) is 3.83. The Morgan fingerprint density at radius 1 is 1.30 bits per heavy atom. The normalized spacial score (nSPS) is 15.6. The Balaban J connectivity index is 2.11. The minimum Gasteiger partial charge on any atom is -0.398 e. The van der Waals surface area contributed by atoms with Crippen molar-refractivity contribution >= 4 is 34.0 Å². The standard InChI is InChI=1S/C14H15ClN4O/c15-10-1-2-11(16)9-3-4-18-13(12(9)10)14(20)19-7-5-17-6-8-19/h1-4,17H,5-8,16H2. The van der Waals surface area contributed by atoms with Crippen LogP contribution in [-0.2, 0) is 0 Å². The van der Waals surface area contributed by atoms with E-state index in [0.29, 0.717) is 34.9 Å². The number of fused-ring (bicyclic) bond motifs is 1. The van der Waals surface area contributed by atoms with Gasteiger partial charge in [-0.2, -0.15) is 0 Å². The fourth-order valence-corrected chi connectivity index (χ4v) is 2.71. The van der Waals surface area contributed by atoms with Gasteiger partial charge >= 0.3 is 0 Å². The lowest BCUT2D eigenvalue weighted by Gasteiger charge is -2.27. The molecule has 6 heteroatoms. The number of rotatable bonds is 1. The molecule has 1 fully saturated rings. The molecule has 0 spiro atoms. The van der Waals surface area contributed by atoms with Crippen LogP contribution in [-0.4, -0.2) is 42.0 Å². The number of anilines is 1. The van der Waals surface area contributed by atoms with E-state index in [4.69, 9.17) is 17.3 Å². The molecule has 1 aliphatic rings. The molecule has 0 atom stereocenters. The second-order valence-corrected chi connectivity index (χ2v) is 5.17. The molecular weight excluding hydrogens is 276 g/mol. The van der Waals surface area contributed by atoms with Crippen LogP contribution in [0.25, 0.3) is 10.8 Å². The van der Waals surface area contributed by atoms with Crippen LogP contribution in [0.1, 0.15) is 10.5 Å². The van der Waals surface area contributed by atoms with Gasteiger partial charge in [-0.3, -0.25) is 9.78 Å². The Morgan fingerprint density at radius 3 is 2.80 bits per heavy atom. The van der Waals surface area contributed by atoms with Gasteiger partial charge in [0, 0.05) is 48.8 Å². The highest BCUT2D eigenvalue weighted by Crippen LogP contribution is 2.30. The van der Waals surface area contributed by atoms with Gasteiger partial charge in [-0.15, -0.1) is 0 Å². The first kappa shape index (κ1) is 13.1. The van der Waals surface area contributed by atoms with Crippen LogP contribution in [0.5, 0.6) is 0 Å². The number of nitrogens with one attached hydrogen (secondary N) is 1. The number of piperazine rings is 1. The van der Waals surface area contributed by atoms with Gasteiger partial charge in [0.1, 0.15) is 5.69 Å². The van der Waals surface area contributed by atoms with Crippen LogP contribution in [0.4, 0.5) is 5.69 Å². The maximum Gasteiger partial charge on any atom is 0.273 e. The third-order valence-electron chi connectivity index (χ3n) is 3.52. The van der Waals surface area contributed by atoms with Crippen molar-refractivity contribution in [1.29, 1.82) is 0 Å². The number of amides is 1. The minimum absolute atomic E-state index is 0.0930. The Hall–Kier alpha value is -1.85. The molecule has 104 valence electrons. The topological polar surface area (TPSA) is 71.2 Å². The van der Waals surface area contributed by atoms with Crippen molar-refractivity contribution in [3.63, 3.8) is 0 Å². The average Bonchev–Trinajstić information content (AvgIpc) is 2.51. The van der Waals surface area contributed by atoms with E-state index < -0.39 is 0 Å². The molecule has 0 bridgehead atoms. The molecule has 0 saturated carbocycles. The summed E-state index contributed by atoms with van der Waals surface area (Å²) >= 11 is 6.24. The number of pyridine rings is 1. The van der Waals surface area contributed by atoms with Crippen molar-refractivity contribution < 1.29 is 4.79 Å². The first-order valence-corrected chi connectivity index (χ1v) is 6.89. The van der Waals surface area contributed by atoms with Crippen molar-refractivity contribution in [1.82, 2.24) is 15.2 Å². The second-order valence-electron chi connectivity index (χ2n) is 4.76. The van der Waals surface area contributed by atoms with Crippen molar-refractivity contribution in [3.8, 4) is 0 Å². The van der Waals surface area contributed by atoms with E-state index in [0.717, 1.165) is 18.5 Å². The first-order valence-electron chi connectivity index (χ1n) is 6.51. The number of halogens is 1. The third kappa shape index (κ3) is 2.19. The van der Waals surface area contributed by atoms with Crippen LogP contribution in [0.3, 0.4) is 0 Å². The maximum atomic E-state index is 12.6. The number of carbonyl (C=O) groups excluding carboxylic acids is 1. The Labute approximate surface area is 121 Å². The van der Waals surface area contributed by atoms with Crippen LogP contribution in [0.2, 0.25) is 5.02 Å². The van der Waals surface area contributed by atoms with Crippen molar-refractivity contribution in [3.05, 3.63) is 35.1 Å². The van der Waals surface area contributed by atoms with Crippen LogP contribution >= 0.6 is 11.6 Å². The van der Waals surface area contributed by atoms with Gasteiger partial charge < -0.3 is 16.0 Å². The summed E-state index contributed by atoms with van der Waals surface area (Å²) in [5.41, 5.74) is 6.93. The van der Waals surface area contributed by atoms with E-state index in [2.05, 4.69) is 10.3 Å². The smallest absolute Gasteiger partial charge is 0.273 e. The van der Waals surface area contributed by atoms with Gasteiger partial charge in [0.25, 0.3) is 5.91 Å². The van der Waals surface area contributed by atoms with E-state index in [9.17, 15) is 4.79 Å². The average molecular weight is 291 g/mol. The molecule has 1 amide bonds. The molecule has 1 saturated heterocycles. The lowest BCUT2D eigenvalue weighted by atomic mass is 10.1. The lowest BCUT2D eigenvalue weighted by Crippen LogP contribution is -2.46. The molecule has 0 radical (unpaired) electrons. The Morgan fingerprint density at radius 2 is 2.05 bits per heavy atom. The number of nitrogen functional groups attached to an aromatic ring is 1.